The zero-order valence-electron chi connectivity index (χ0n) is 15.4. The molecule has 2 amide bonds. The first-order chi connectivity index (χ1) is 11.9. The third-order valence-electron chi connectivity index (χ3n) is 4.30. The minimum absolute atomic E-state index is 0. The summed E-state index contributed by atoms with van der Waals surface area (Å²) in [6.45, 7) is 1.55. The molecule has 1 aliphatic carbocycles. The number of amides is 2. The van der Waals surface area contributed by atoms with E-state index in [4.69, 9.17) is 0 Å². The number of guanidine groups is 1. The van der Waals surface area contributed by atoms with Gasteiger partial charge in [-0.3, -0.25) is 14.3 Å². The van der Waals surface area contributed by atoms with Gasteiger partial charge in [-0.2, -0.15) is 5.10 Å². The first-order valence-corrected chi connectivity index (χ1v) is 8.49. The van der Waals surface area contributed by atoms with E-state index < -0.39 is 0 Å². The fourth-order valence-corrected chi connectivity index (χ4v) is 2.61. The number of likely N-dealkylation sites (N-methyl/N-ethyl adjacent to an activating group) is 1. The average Bonchev–Trinajstić information content (AvgIpc) is 3.29. The minimum atomic E-state index is -0.0598. The molecule has 1 saturated heterocycles. The lowest BCUT2D eigenvalue weighted by molar-refractivity contribution is -0.127. The molecule has 0 radical (unpaired) electrons. The summed E-state index contributed by atoms with van der Waals surface area (Å²) in [7, 11) is 5.25. The Balaban J connectivity index is 0.00000243. The normalized spacial score (nSPS) is 17.8. The number of aromatic nitrogens is 2. The van der Waals surface area contributed by atoms with Gasteiger partial charge in [0.15, 0.2) is 5.96 Å². The largest absolute Gasteiger partial charge is 0.353 e. The summed E-state index contributed by atoms with van der Waals surface area (Å²) < 4.78 is 1.68. The molecule has 0 spiro atoms. The SMILES string of the molecule is CN(C)C(=O)CN=C(NC1CC1)N1CCN(c2cnn(C)c2)C(=O)C1.I. The van der Waals surface area contributed by atoms with Crippen molar-refractivity contribution >= 4 is 47.4 Å². The number of aryl methyl sites for hydroxylation is 1. The molecule has 0 bridgehead atoms. The van der Waals surface area contributed by atoms with Crippen LogP contribution in [-0.4, -0.2) is 83.7 Å². The Morgan fingerprint density at radius 3 is 2.65 bits per heavy atom. The highest BCUT2D eigenvalue weighted by atomic mass is 127. The van der Waals surface area contributed by atoms with Crippen molar-refractivity contribution in [2.24, 2.45) is 12.0 Å². The van der Waals surface area contributed by atoms with Crippen LogP contribution in [0.4, 0.5) is 5.69 Å². The topological polar surface area (TPSA) is 86.1 Å². The van der Waals surface area contributed by atoms with E-state index in [9.17, 15) is 9.59 Å². The fourth-order valence-electron chi connectivity index (χ4n) is 2.61. The number of halogens is 1. The van der Waals surface area contributed by atoms with E-state index in [1.54, 1.807) is 29.9 Å². The molecule has 9 nitrogen and oxygen atoms in total. The van der Waals surface area contributed by atoms with Gasteiger partial charge in [0, 0.05) is 46.5 Å². The zero-order valence-corrected chi connectivity index (χ0v) is 17.7. The lowest BCUT2D eigenvalue weighted by Crippen LogP contribution is -2.55. The maximum atomic E-state index is 12.6. The van der Waals surface area contributed by atoms with Crippen molar-refractivity contribution < 1.29 is 9.59 Å². The summed E-state index contributed by atoms with van der Waals surface area (Å²) in [6.07, 6.45) is 5.73. The molecule has 26 heavy (non-hydrogen) atoms. The van der Waals surface area contributed by atoms with Crippen LogP contribution in [0.3, 0.4) is 0 Å². The van der Waals surface area contributed by atoms with Crippen LogP contribution in [0.15, 0.2) is 17.4 Å². The Bertz CT molecular complexity index is 684. The quantitative estimate of drug-likeness (QED) is 0.373. The van der Waals surface area contributed by atoms with E-state index in [1.807, 2.05) is 18.1 Å². The van der Waals surface area contributed by atoms with Gasteiger partial charge in [-0.05, 0) is 12.8 Å². The smallest absolute Gasteiger partial charge is 0.246 e. The Hall–Kier alpha value is -1.85. The monoisotopic (exact) mass is 475 g/mol. The van der Waals surface area contributed by atoms with Gasteiger partial charge in [-0.1, -0.05) is 0 Å². The highest BCUT2D eigenvalue weighted by Crippen LogP contribution is 2.20. The summed E-state index contributed by atoms with van der Waals surface area (Å²) in [4.78, 5) is 34.0. The van der Waals surface area contributed by atoms with E-state index in [2.05, 4.69) is 15.4 Å². The molecule has 2 heterocycles. The van der Waals surface area contributed by atoms with E-state index in [1.165, 1.54) is 4.90 Å². The van der Waals surface area contributed by atoms with Crippen LogP contribution in [0.1, 0.15) is 12.8 Å². The molecule has 10 heteroatoms. The van der Waals surface area contributed by atoms with Crippen LogP contribution >= 0.6 is 24.0 Å². The van der Waals surface area contributed by atoms with Gasteiger partial charge in [0.05, 0.1) is 11.9 Å². The van der Waals surface area contributed by atoms with Crippen LogP contribution in [-0.2, 0) is 16.6 Å². The van der Waals surface area contributed by atoms with Crippen LogP contribution in [0.5, 0.6) is 0 Å². The van der Waals surface area contributed by atoms with Crippen molar-refractivity contribution in [1.82, 2.24) is 24.9 Å². The molecule has 1 aromatic rings. The molecule has 1 aromatic heterocycles. The second-order valence-electron chi connectivity index (χ2n) is 6.69. The Morgan fingerprint density at radius 2 is 2.12 bits per heavy atom. The van der Waals surface area contributed by atoms with Crippen molar-refractivity contribution in [3.63, 3.8) is 0 Å². The molecule has 0 unspecified atom stereocenters. The first kappa shape index (κ1) is 20.5. The minimum Gasteiger partial charge on any atom is -0.353 e. The summed E-state index contributed by atoms with van der Waals surface area (Å²) in [5.74, 6) is 0.593. The molecular formula is C16H26IN7O2. The predicted octanol–water partition coefficient (Wildman–Crippen LogP) is -0.117. The Labute approximate surface area is 170 Å². The molecule has 1 N–H and O–H groups in total. The maximum absolute atomic E-state index is 12.6. The van der Waals surface area contributed by atoms with Crippen molar-refractivity contribution in [2.75, 3.05) is 45.2 Å². The van der Waals surface area contributed by atoms with Gasteiger partial charge in [-0.15, -0.1) is 24.0 Å². The number of rotatable bonds is 4. The van der Waals surface area contributed by atoms with Crippen LogP contribution in [0.2, 0.25) is 0 Å². The predicted molar refractivity (Wildman–Crippen MR) is 110 cm³/mol. The van der Waals surface area contributed by atoms with Crippen LogP contribution in [0, 0.1) is 0 Å². The lowest BCUT2D eigenvalue weighted by Gasteiger charge is -2.35. The van der Waals surface area contributed by atoms with E-state index >= 15 is 0 Å². The van der Waals surface area contributed by atoms with Gasteiger partial charge in [0.25, 0.3) is 0 Å². The maximum Gasteiger partial charge on any atom is 0.246 e. The number of hydrogen-bond acceptors (Lipinski definition) is 4. The summed E-state index contributed by atoms with van der Waals surface area (Å²) in [5.41, 5.74) is 0.809. The van der Waals surface area contributed by atoms with Gasteiger partial charge < -0.3 is 20.0 Å². The second kappa shape index (κ2) is 8.69. The molecule has 2 aliphatic rings. The highest BCUT2D eigenvalue weighted by molar-refractivity contribution is 14.0. The Kier molecular flexibility index (Phi) is 6.84. The molecule has 2 fully saturated rings. The van der Waals surface area contributed by atoms with Gasteiger partial charge in [0.2, 0.25) is 11.8 Å². The van der Waals surface area contributed by atoms with Gasteiger partial charge in [-0.25, -0.2) is 4.99 Å². The third-order valence-corrected chi connectivity index (χ3v) is 4.30. The van der Waals surface area contributed by atoms with Gasteiger partial charge in [0.1, 0.15) is 13.1 Å². The number of piperazine rings is 1. The van der Waals surface area contributed by atoms with Crippen molar-refractivity contribution in [1.29, 1.82) is 0 Å². The zero-order chi connectivity index (χ0) is 18.0. The van der Waals surface area contributed by atoms with Crippen LogP contribution < -0.4 is 10.2 Å². The number of carbonyl (C=O) groups is 2. The van der Waals surface area contributed by atoms with Gasteiger partial charge >= 0.3 is 0 Å². The summed E-state index contributed by atoms with van der Waals surface area (Å²) in [6, 6.07) is 0.402. The number of anilines is 1. The number of carbonyl (C=O) groups excluding carboxylic acids is 2. The van der Waals surface area contributed by atoms with E-state index in [0.29, 0.717) is 25.1 Å². The molecule has 0 atom stereocenters. The molecule has 144 valence electrons. The highest BCUT2D eigenvalue weighted by Gasteiger charge is 2.30. The fraction of sp³-hybridized carbons (Fsp3) is 0.625. The molecular weight excluding hydrogens is 449 g/mol. The van der Waals surface area contributed by atoms with E-state index in [0.717, 1.165) is 18.5 Å². The number of nitrogens with one attached hydrogen (secondary N) is 1. The van der Waals surface area contributed by atoms with Crippen LogP contribution in [0.25, 0.3) is 0 Å². The number of hydrogen-bond donors (Lipinski definition) is 1. The Morgan fingerprint density at radius 1 is 1.38 bits per heavy atom. The number of aliphatic imine (C=N–C) groups is 1. The average molecular weight is 475 g/mol. The summed E-state index contributed by atoms with van der Waals surface area (Å²) in [5, 5.41) is 7.48. The molecule has 1 saturated carbocycles. The van der Waals surface area contributed by atoms with Crippen molar-refractivity contribution in [3.8, 4) is 0 Å². The molecule has 3 rings (SSSR count). The lowest BCUT2D eigenvalue weighted by atomic mass is 10.3. The first-order valence-electron chi connectivity index (χ1n) is 8.49. The second-order valence-corrected chi connectivity index (χ2v) is 6.69. The van der Waals surface area contributed by atoms with Crippen molar-refractivity contribution in [3.05, 3.63) is 12.4 Å². The molecule has 0 aromatic carbocycles. The number of nitrogens with zero attached hydrogens (tertiary/aromatic N) is 6. The summed E-state index contributed by atoms with van der Waals surface area (Å²) >= 11 is 0. The third kappa shape index (κ3) is 5.08. The van der Waals surface area contributed by atoms with Crippen molar-refractivity contribution in [2.45, 2.75) is 18.9 Å². The standard InChI is InChI=1S/C16H25N7O2.HI/c1-20(2)14(24)9-17-16(19-12-4-5-12)22-6-7-23(15(25)11-22)13-8-18-21(3)10-13;/h8,10,12H,4-7,9,11H2,1-3H3,(H,17,19);1H. The molecule has 1 aliphatic heterocycles. The van der Waals surface area contributed by atoms with E-state index in [-0.39, 0.29) is 48.9 Å².